The van der Waals surface area contributed by atoms with E-state index >= 15 is 0 Å². The van der Waals surface area contributed by atoms with Crippen molar-refractivity contribution in [2.24, 2.45) is 5.92 Å². The molecular formula is C11H15OS. The lowest BCUT2D eigenvalue weighted by atomic mass is 10.0. The summed E-state index contributed by atoms with van der Waals surface area (Å²) in [6.45, 7) is 4.34. The van der Waals surface area contributed by atoms with Crippen LogP contribution in [0.1, 0.15) is 19.4 Å². The second-order valence-corrected chi connectivity index (χ2v) is 4.26. The van der Waals surface area contributed by atoms with E-state index in [-0.39, 0.29) is 0 Å². The Morgan fingerprint density at radius 2 is 2.15 bits per heavy atom. The zero-order valence-corrected chi connectivity index (χ0v) is 8.90. The quantitative estimate of drug-likeness (QED) is 0.745. The summed E-state index contributed by atoms with van der Waals surface area (Å²) in [6.07, 6.45) is 4.78. The van der Waals surface area contributed by atoms with Crippen LogP contribution in [-0.2, 0) is 6.42 Å². The number of phenolic OH excluding ortho intramolecular Hbond substituents is 1. The molecule has 1 aromatic rings. The molecular weight excluding hydrogens is 180 g/mol. The number of hydrogen-bond donors (Lipinski definition) is 1. The summed E-state index contributed by atoms with van der Waals surface area (Å²) in [5.74, 6) is 0.946. The molecule has 0 aliphatic rings. The molecule has 0 aliphatic heterocycles. The number of thioether (sulfide) groups is 1. The highest BCUT2D eigenvalue weighted by Crippen LogP contribution is 2.27. The van der Waals surface area contributed by atoms with Crippen LogP contribution in [0.4, 0.5) is 0 Å². The lowest BCUT2D eigenvalue weighted by molar-refractivity contribution is 0.473. The molecule has 1 radical (unpaired) electrons. The van der Waals surface area contributed by atoms with Crippen molar-refractivity contribution in [3.05, 3.63) is 30.0 Å². The van der Waals surface area contributed by atoms with Gasteiger partial charge in [0.15, 0.2) is 0 Å². The molecule has 1 aromatic carbocycles. The fourth-order valence-corrected chi connectivity index (χ4v) is 1.80. The van der Waals surface area contributed by atoms with Crippen molar-refractivity contribution in [1.82, 2.24) is 0 Å². The molecule has 71 valence electrons. The summed E-state index contributed by atoms with van der Waals surface area (Å²) in [5, 5.41) is 9.32. The molecule has 0 unspecified atom stereocenters. The fraction of sp³-hybridized carbons (Fsp3) is 0.364. The number of aromatic hydroxyl groups is 1. The van der Waals surface area contributed by atoms with Crippen LogP contribution >= 0.6 is 11.8 Å². The normalized spacial score (nSPS) is 10.8. The average Bonchev–Trinajstić information content (AvgIpc) is 2.03. The molecule has 1 nitrogen and oxygen atoms in total. The number of rotatable bonds is 3. The highest BCUT2D eigenvalue weighted by molar-refractivity contribution is 8.00. The monoisotopic (exact) mass is 195 g/mol. The maximum absolute atomic E-state index is 9.32. The first-order valence-electron chi connectivity index (χ1n) is 4.37. The Bertz CT molecular complexity index is 281. The standard InChI is InChI=1S/C11H15OS/c1-8(2)6-9-7-10(12)4-5-11(9)13-3/h4-5,7-8,12H,3,6H2,1-2H3. The zero-order chi connectivity index (χ0) is 9.84. The van der Waals surface area contributed by atoms with E-state index in [1.165, 1.54) is 17.3 Å². The summed E-state index contributed by atoms with van der Waals surface area (Å²) >= 11 is 1.48. The van der Waals surface area contributed by atoms with Gasteiger partial charge in [0.05, 0.1) is 0 Å². The molecule has 2 heteroatoms. The fourth-order valence-electron chi connectivity index (χ4n) is 1.31. The molecule has 13 heavy (non-hydrogen) atoms. The van der Waals surface area contributed by atoms with Crippen molar-refractivity contribution in [1.29, 1.82) is 0 Å². The van der Waals surface area contributed by atoms with E-state index in [4.69, 9.17) is 0 Å². The van der Waals surface area contributed by atoms with Crippen LogP contribution in [0, 0.1) is 12.2 Å². The number of benzene rings is 1. The van der Waals surface area contributed by atoms with Gasteiger partial charge in [-0.25, -0.2) is 0 Å². The SMILES string of the molecule is [CH2]Sc1ccc(O)cc1CC(C)C. The van der Waals surface area contributed by atoms with Crippen LogP contribution in [0.25, 0.3) is 0 Å². The average molecular weight is 195 g/mol. The van der Waals surface area contributed by atoms with Crippen LogP contribution in [-0.4, -0.2) is 5.11 Å². The third-order valence-electron chi connectivity index (χ3n) is 1.83. The van der Waals surface area contributed by atoms with Crippen molar-refractivity contribution >= 4 is 11.8 Å². The minimum absolute atomic E-state index is 0.341. The summed E-state index contributed by atoms with van der Waals surface area (Å²) in [6, 6.07) is 5.45. The molecule has 0 saturated carbocycles. The van der Waals surface area contributed by atoms with Crippen LogP contribution < -0.4 is 0 Å². The second kappa shape index (κ2) is 4.56. The number of phenols is 1. The molecule has 0 aliphatic carbocycles. The first-order valence-corrected chi connectivity index (χ1v) is 5.36. The first kappa shape index (κ1) is 10.5. The second-order valence-electron chi connectivity index (χ2n) is 3.53. The minimum atomic E-state index is 0.341. The van der Waals surface area contributed by atoms with Crippen molar-refractivity contribution < 1.29 is 5.11 Å². The topological polar surface area (TPSA) is 20.2 Å². The number of hydrogen-bond acceptors (Lipinski definition) is 2. The summed E-state index contributed by atoms with van der Waals surface area (Å²) < 4.78 is 0. The largest absolute Gasteiger partial charge is 0.508 e. The van der Waals surface area contributed by atoms with E-state index in [9.17, 15) is 5.11 Å². The molecule has 0 saturated heterocycles. The Balaban J connectivity index is 2.94. The Morgan fingerprint density at radius 1 is 1.46 bits per heavy atom. The van der Waals surface area contributed by atoms with Gasteiger partial charge in [0, 0.05) is 11.2 Å². The first-order chi connectivity index (χ1) is 6.13. The Morgan fingerprint density at radius 3 is 2.69 bits per heavy atom. The zero-order valence-electron chi connectivity index (χ0n) is 8.08. The van der Waals surface area contributed by atoms with E-state index < -0.39 is 0 Å². The van der Waals surface area contributed by atoms with Gasteiger partial charge in [-0.2, -0.15) is 0 Å². The molecule has 0 fully saturated rings. The van der Waals surface area contributed by atoms with Crippen LogP contribution in [0.2, 0.25) is 0 Å². The molecule has 0 bridgehead atoms. The van der Waals surface area contributed by atoms with Crippen LogP contribution in [0.5, 0.6) is 5.75 Å². The van der Waals surface area contributed by atoms with E-state index in [0.29, 0.717) is 11.7 Å². The van der Waals surface area contributed by atoms with Crippen LogP contribution in [0.15, 0.2) is 23.1 Å². The molecule has 0 aromatic heterocycles. The van der Waals surface area contributed by atoms with Crippen molar-refractivity contribution in [3.8, 4) is 5.75 Å². The Labute approximate surface area is 84.2 Å². The molecule has 0 spiro atoms. The van der Waals surface area contributed by atoms with Gasteiger partial charge in [0.25, 0.3) is 0 Å². The molecule has 0 heterocycles. The third kappa shape index (κ3) is 2.96. The van der Waals surface area contributed by atoms with Gasteiger partial charge in [0.2, 0.25) is 0 Å². The molecule has 1 rings (SSSR count). The van der Waals surface area contributed by atoms with Gasteiger partial charge < -0.3 is 5.11 Å². The lowest BCUT2D eigenvalue weighted by Gasteiger charge is -2.09. The maximum Gasteiger partial charge on any atom is 0.115 e. The summed E-state index contributed by atoms with van der Waals surface area (Å²) in [5.41, 5.74) is 1.19. The predicted octanol–water partition coefficient (Wildman–Crippen LogP) is 3.47. The van der Waals surface area contributed by atoms with Gasteiger partial charge in [0.1, 0.15) is 5.75 Å². The van der Waals surface area contributed by atoms with Gasteiger partial charge >= 0.3 is 0 Å². The highest BCUT2D eigenvalue weighted by atomic mass is 32.2. The van der Waals surface area contributed by atoms with Crippen LogP contribution in [0.3, 0.4) is 0 Å². The smallest absolute Gasteiger partial charge is 0.115 e. The van der Waals surface area contributed by atoms with Crippen molar-refractivity contribution in [2.75, 3.05) is 0 Å². The molecule has 0 atom stereocenters. The Hall–Kier alpha value is -0.630. The summed E-state index contributed by atoms with van der Waals surface area (Å²) in [4.78, 5) is 1.16. The lowest BCUT2D eigenvalue weighted by Crippen LogP contribution is -1.95. The van der Waals surface area contributed by atoms with Gasteiger partial charge in [-0.05, 0) is 36.1 Å². The van der Waals surface area contributed by atoms with E-state index in [1.54, 1.807) is 6.07 Å². The van der Waals surface area contributed by atoms with E-state index in [2.05, 4.69) is 20.1 Å². The Kier molecular flexibility index (Phi) is 3.67. The minimum Gasteiger partial charge on any atom is -0.508 e. The van der Waals surface area contributed by atoms with Crippen molar-refractivity contribution in [3.63, 3.8) is 0 Å². The third-order valence-corrected chi connectivity index (χ3v) is 2.54. The predicted molar refractivity (Wildman–Crippen MR) is 57.9 cm³/mol. The highest BCUT2D eigenvalue weighted by Gasteiger charge is 2.04. The molecule has 0 amide bonds. The van der Waals surface area contributed by atoms with Gasteiger partial charge in [-0.3, -0.25) is 0 Å². The van der Waals surface area contributed by atoms with E-state index in [0.717, 1.165) is 11.3 Å². The summed E-state index contributed by atoms with van der Waals surface area (Å²) in [7, 11) is 0. The van der Waals surface area contributed by atoms with Crippen molar-refractivity contribution in [2.45, 2.75) is 25.2 Å². The van der Waals surface area contributed by atoms with E-state index in [1.807, 2.05) is 12.1 Å². The maximum atomic E-state index is 9.32. The molecule has 1 N–H and O–H groups in total. The van der Waals surface area contributed by atoms with Gasteiger partial charge in [-0.15, -0.1) is 11.8 Å². The van der Waals surface area contributed by atoms with Gasteiger partial charge in [-0.1, -0.05) is 13.8 Å².